The maximum Gasteiger partial charge on any atom is 0.265 e. The number of nitrogens with zero attached hydrogens (tertiary/aromatic N) is 2. The van der Waals surface area contributed by atoms with E-state index in [0.29, 0.717) is 16.2 Å². The first-order valence-corrected chi connectivity index (χ1v) is 7.09. The van der Waals surface area contributed by atoms with Gasteiger partial charge in [0.2, 0.25) is 0 Å². The minimum Gasteiger partial charge on any atom is -0.304 e. The zero-order valence-corrected chi connectivity index (χ0v) is 12.4. The van der Waals surface area contributed by atoms with Crippen molar-refractivity contribution in [2.45, 2.75) is 32.6 Å². The summed E-state index contributed by atoms with van der Waals surface area (Å²) in [5.41, 5.74) is 3.60. The second-order valence-corrected chi connectivity index (χ2v) is 5.86. The van der Waals surface area contributed by atoms with Crippen LogP contribution < -0.4 is 5.56 Å². The summed E-state index contributed by atoms with van der Waals surface area (Å²) in [6.45, 7) is 3.98. The van der Waals surface area contributed by atoms with Crippen molar-refractivity contribution in [1.29, 1.82) is 0 Å². The fourth-order valence-corrected chi connectivity index (χ4v) is 2.69. The quantitative estimate of drug-likeness (QED) is 0.925. The van der Waals surface area contributed by atoms with E-state index in [9.17, 15) is 4.79 Å². The number of H-pyrrole nitrogens is 1. The van der Waals surface area contributed by atoms with Crippen LogP contribution in [0.1, 0.15) is 35.6 Å². The Kier molecular flexibility index (Phi) is 3.01. The largest absolute Gasteiger partial charge is 0.304 e. The molecule has 0 atom stereocenters. The monoisotopic (exact) mass is 319 g/mol. The van der Waals surface area contributed by atoms with Gasteiger partial charge in [0.05, 0.1) is 5.69 Å². The fraction of sp³-hybridized carbons (Fsp3) is 0.357. The molecule has 0 aromatic carbocycles. The molecule has 98 valence electrons. The minimum absolute atomic E-state index is 0.131. The van der Waals surface area contributed by atoms with Gasteiger partial charge in [-0.3, -0.25) is 9.78 Å². The van der Waals surface area contributed by atoms with Gasteiger partial charge in [-0.05, 0) is 53.7 Å². The molecule has 2 aromatic rings. The highest BCUT2D eigenvalue weighted by Crippen LogP contribution is 2.41. The predicted molar refractivity (Wildman–Crippen MR) is 77.2 cm³/mol. The summed E-state index contributed by atoms with van der Waals surface area (Å²) in [5, 5.41) is 0. The second-order valence-electron chi connectivity index (χ2n) is 5.07. The van der Waals surface area contributed by atoms with Crippen molar-refractivity contribution in [3.63, 3.8) is 0 Å². The van der Waals surface area contributed by atoms with E-state index in [1.54, 1.807) is 6.20 Å². The Labute approximate surface area is 119 Å². The third kappa shape index (κ3) is 2.34. The predicted octanol–water partition coefficient (Wildman–Crippen LogP) is 3.09. The van der Waals surface area contributed by atoms with E-state index in [1.165, 1.54) is 0 Å². The Balaban J connectivity index is 2.17. The van der Waals surface area contributed by atoms with E-state index in [4.69, 9.17) is 0 Å². The molecule has 3 rings (SSSR count). The van der Waals surface area contributed by atoms with E-state index < -0.39 is 0 Å². The first-order chi connectivity index (χ1) is 9.06. The van der Waals surface area contributed by atoms with E-state index in [2.05, 4.69) is 30.9 Å². The van der Waals surface area contributed by atoms with Crippen molar-refractivity contribution in [3.05, 3.63) is 43.9 Å². The Morgan fingerprint density at radius 2 is 2.11 bits per heavy atom. The first-order valence-electron chi connectivity index (χ1n) is 6.29. The molecule has 1 fully saturated rings. The van der Waals surface area contributed by atoms with E-state index in [0.717, 1.165) is 35.4 Å². The summed E-state index contributed by atoms with van der Waals surface area (Å²) in [4.78, 5) is 23.8. The lowest BCUT2D eigenvalue weighted by Gasteiger charge is -2.08. The van der Waals surface area contributed by atoms with Crippen LogP contribution in [-0.2, 0) is 0 Å². The van der Waals surface area contributed by atoms with Gasteiger partial charge >= 0.3 is 0 Å². The smallest absolute Gasteiger partial charge is 0.265 e. The molecule has 0 saturated heterocycles. The zero-order valence-electron chi connectivity index (χ0n) is 10.8. The van der Waals surface area contributed by atoms with Crippen molar-refractivity contribution in [2.24, 2.45) is 0 Å². The summed E-state index contributed by atoms with van der Waals surface area (Å²) in [7, 11) is 0. The van der Waals surface area contributed by atoms with Crippen LogP contribution in [0.15, 0.2) is 21.5 Å². The lowest BCUT2D eigenvalue weighted by atomic mass is 10.1. The highest BCUT2D eigenvalue weighted by Gasteiger charge is 2.29. The number of aromatic amines is 1. The first kappa shape index (κ1) is 12.5. The molecular weight excluding hydrogens is 306 g/mol. The van der Waals surface area contributed by atoms with Crippen molar-refractivity contribution in [3.8, 4) is 11.5 Å². The van der Waals surface area contributed by atoms with Gasteiger partial charge in [0, 0.05) is 12.1 Å². The minimum atomic E-state index is -0.131. The molecule has 19 heavy (non-hydrogen) atoms. The van der Waals surface area contributed by atoms with Gasteiger partial charge in [-0.1, -0.05) is 6.07 Å². The molecule has 0 amide bonds. The summed E-state index contributed by atoms with van der Waals surface area (Å²) in [6.07, 6.45) is 4.00. The number of hydrogen-bond acceptors (Lipinski definition) is 3. The van der Waals surface area contributed by atoms with Gasteiger partial charge in [0.25, 0.3) is 5.56 Å². The van der Waals surface area contributed by atoms with Gasteiger partial charge in [0.15, 0.2) is 5.82 Å². The molecule has 0 bridgehead atoms. The van der Waals surface area contributed by atoms with Gasteiger partial charge in [-0.2, -0.15) is 0 Å². The second kappa shape index (κ2) is 4.56. The van der Waals surface area contributed by atoms with Crippen LogP contribution in [0.2, 0.25) is 0 Å². The molecule has 1 saturated carbocycles. The molecule has 0 unspecified atom stereocenters. The van der Waals surface area contributed by atoms with Crippen molar-refractivity contribution < 1.29 is 0 Å². The number of pyridine rings is 1. The van der Waals surface area contributed by atoms with Crippen LogP contribution in [0, 0.1) is 13.8 Å². The summed E-state index contributed by atoms with van der Waals surface area (Å²) in [5.74, 6) is 0.980. The van der Waals surface area contributed by atoms with Crippen LogP contribution in [0.25, 0.3) is 11.5 Å². The topological polar surface area (TPSA) is 58.6 Å². The number of halogens is 1. The molecule has 2 heterocycles. The lowest BCUT2D eigenvalue weighted by molar-refractivity contribution is 0.951. The number of aryl methyl sites for hydroxylation is 2. The number of hydrogen-bond donors (Lipinski definition) is 1. The Bertz CT molecular complexity index is 704. The number of aromatic nitrogens is 3. The molecule has 4 nitrogen and oxygen atoms in total. The van der Waals surface area contributed by atoms with Crippen molar-refractivity contribution in [1.82, 2.24) is 15.0 Å². The molecule has 1 aliphatic rings. The zero-order chi connectivity index (χ0) is 13.6. The van der Waals surface area contributed by atoms with Crippen LogP contribution in [0.4, 0.5) is 0 Å². The van der Waals surface area contributed by atoms with Crippen LogP contribution in [0.5, 0.6) is 0 Å². The Morgan fingerprint density at radius 3 is 2.74 bits per heavy atom. The number of rotatable bonds is 2. The molecule has 0 aliphatic heterocycles. The average Bonchev–Trinajstić information content (AvgIpc) is 3.17. The fourth-order valence-electron chi connectivity index (χ4n) is 2.18. The summed E-state index contributed by atoms with van der Waals surface area (Å²) in [6, 6.07) is 2.04. The molecule has 2 aromatic heterocycles. The molecule has 0 radical (unpaired) electrons. The maximum absolute atomic E-state index is 12.0. The van der Waals surface area contributed by atoms with Crippen molar-refractivity contribution >= 4 is 15.9 Å². The average molecular weight is 320 g/mol. The normalized spacial score (nSPS) is 14.7. The van der Waals surface area contributed by atoms with Gasteiger partial charge < -0.3 is 4.98 Å². The molecule has 1 aliphatic carbocycles. The third-order valence-corrected chi connectivity index (χ3v) is 4.06. The highest BCUT2D eigenvalue weighted by molar-refractivity contribution is 9.10. The van der Waals surface area contributed by atoms with Crippen LogP contribution in [-0.4, -0.2) is 15.0 Å². The van der Waals surface area contributed by atoms with E-state index in [1.807, 2.05) is 19.9 Å². The summed E-state index contributed by atoms with van der Waals surface area (Å²) < 4.78 is 0.559. The highest BCUT2D eigenvalue weighted by atomic mass is 79.9. The van der Waals surface area contributed by atoms with Crippen LogP contribution in [0.3, 0.4) is 0 Å². The van der Waals surface area contributed by atoms with Crippen LogP contribution >= 0.6 is 15.9 Å². The summed E-state index contributed by atoms with van der Waals surface area (Å²) >= 11 is 3.33. The molecular formula is C14H14BrN3O. The van der Waals surface area contributed by atoms with Gasteiger partial charge in [0.1, 0.15) is 10.2 Å². The SMILES string of the molecule is Cc1cnc(-c2nc(C3CC3)c(Br)c(=O)[nH]2)c(C)c1. The maximum atomic E-state index is 12.0. The van der Waals surface area contributed by atoms with E-state index in [-0.39, 0.29) is 5.56 Å². The Hall–Kier alpha value is -1.49. The van der Waals surface area contributed by atoms with E-state index >= 15 is 0 Å². The van der Waals surface area contributed by atoms with Gasteiger partial charge in [-0.15, -0.1) is 0 Å². The molecule has 1 N–H and O–H groups in total. The van der Waals surface area contributed by atoms with Gasteiger partial charge in [-0.25, -0.2) is 4.98 Å². The standard InChI is InChI=1S/C14H14BrN3O/c1-7-5-8(2)11(16-6-7)13-17-12(9-3-4-9)10(15)14(19)18-13/h5-6,9H,3-4H2,1-2H3,(H,17,18,19). The van der Waals surface area contributed by atoms with Crippen molar-refractivity contribution in [2.75, 3.05) is 0 Å². The number of nitrogens with one attached hydrogen (secondary N) is 1. The molecule has 0 spiro atoms. The third-order valence-electron chi connectivity index (χ3n) is 3.29. The Morgan fingerprint density at radius 1 is 1.37 bits per heavy atom. The lowest BCUT2D eigenvalue weighted by Crippen LogP contribution is -2.14. The molecule has 5 heteroatoms.